The zero-order chi connectivity index (χ0) is 8.97. The number of nitrogens with two attached hydrogens (primary N) is 1. The first-order valence-electron chi connectivity index (χ1n) is 3.62. The van der Waals surface area contributed by atoms with Crippen molar-refractivity contribution in [1.29, 1.82) is 0 Å². The Kier molecular flexibility index (Phi) is 2.82. The lowest BCUT2D eigenvalue weighted by Gasteiger charge is -1.95. The Bertz CT molecular complexity index is 269. The minimum Gasteiger partial charge on any atom is -0.406 e. The maximum Gasteiger partial charge on any atom is 0.309 e. The van der Waals surface area contributed by atoms with E-state index >= 15 is 0 Å². The lowest BCUT2D eigenvalue weighted by Crippen LogP contribution is -2.07. The number of imidazole rings is 1. The highest BCUT2D eigenvalue weighted by molar-refractivity contribution is 5.68. The van der Waals surface area contributed by atoms with Crippen LogP contribution < -0.4 is 10.5 Å². The fourth-order valence-corrected chi connectivity index (χ4v) is 0.811. The summed E-state index contributed by atoms with van der Waals surface area (Å²) in [6, 6.07) is 0. The van der Waals surface area contributed by atoms with Gasteiger partial charge in [0.1, 0.15) is 0 Å². The molecule has 0 aliphatic carbocycles. The van der Waals surface area contributed by atoms with Gasteiger partial charge in [-0.15, -0.1) is 0 Å². The molecule has 0 unspecified atom stereocenters. The summed E-state index contributed by atoms with van der Waals surface area (Å²) in [7, 11) is 0. The SMILES string of the molecule is CC(=O)Oc1cn(CCN)cn1. The molecule has 5 heteroatoms. The molecule has 0 bridgehead atoms. The minimum atomic E-state index is -0.368. The van der Waals surface area contributed by atoms with E-state index in [0.717, 1.165) is 0 Å². The van der Waals surface area contributed by atoms with E-state index in [1.807, 2.05) is 0 Å². The average Bonchev–Trinajstić information content (AvgIpc) is 2.36. The number of hydrogen-bond acceptors (Lipinski definition) is 4. The Morgan fingerprint density at radius 3 is 3.17 bits per heavy atom. The van der Waals surface area contributed by atoms with E-state index in [-0.39, 0.29) is 5.97 Å². The summed E-state index contributed by atoms with van der Waals surface area (Å²) in [4.78, 5) is 14.3. The topological polar surface area (TPSA) is 70.1 Å². The Balaban J connectivity index is 2.58. The van der Waals surface area contributed by atoms with Gasteiger partial charge >= 0.3 is 5.97 Å². The molecule has 1 heterocycles. The molecule has 0 spiro atoms. The highest BCUT2D eigenvalue weighted by atomic mass is 16.5. The molecule has 66 valence electrons. The molecule has 0 fully saturated rings. The molecule has 0 aliphatic heterocycles. The number of carbonyl (C=O) groups excluding carboxylic acids is 1. The first-order valence-corrected chi connectivity index (χ1v) is 3.62. The molecule has 0 radical (unpaired) electrons. The van der Waals surface area contributed by atoms with Crippen LogP contribution in [0.15, 0.2) is 12.5 Å². The van der Waals surface area contributed by atoms with Crippen LogP contribution in [0.4, 0.5) is 0 Å². The lowest BCUT2D eigenvalue weighted by atomic mass is 10.6. The molecule has 1 rings (SSSR count). The van der Waals surface area contributed by atoms with E-state index in [1.54, 1.807) is 17.1 Å². The van der Waals surface area contributed by atoms with E-state index in [9.17, 15) is 4.79 Å². The molecule has 0 aromatic carbocycles. The number of carbonyl (C=O) groups is 1. The number of nitrogens with zero attached hydrogens (tertiary/aromatic N) is 2. The largest absolute Gasteiger partial charge is 0.406 e. The molecule has 5 nitrogen and oxygen atoms in total. The lowest BCUT2D eigenvalue weighted by molar-refractivity contribution is -0.132. The van der Waals surface area contributed by atoms with Crippen molar-refractivity contribution in [3.05, 3.63) is 12.5 Å². The van der Waals surface area contributed by atoms with Crippen LogP contribution in [0.1, 0.15) is 6.92 Å². The smallest absolute Gasteiger partial charge is 0.309 e. The number of aromatic nitrogens is 2. The van der Waals surface area contributed by atoms with Crippen molar-refractivity contribution < 1.29 is 9.53 Å². The zero-order valence-corrected chi connectivity index (χ0v) is 6.86. The summed E-state index contributed by atoms with van der Waals surface area (Å²) in [6.45, 7) is 2.55. The van der Waals surface area contributed by atoms with E-state index in [2.05, 4.69) is 4.98 Å². The maximum absolute atomic E-state index is 10.5. The van der Waals surface area contributed by atoms with Gasteiger partial charge < -0.3 is 15.0 Å². The first kappa shape index (κ1) is 8.73. The third-order valence-corrected chi connectivity index (χ3v) is 1.25. The average molecular weight is 169 g/mol. The van der Waals surface area contributed by atoms with Gasteiger partial charge in [0.25, 0.3) is 0 Å². The van der Waals surface area contributed by atoms with Crippen molar-refractivity contribution >= 4 is 5.97 Å². The quantitative estimate of drug-likeness (QED) is 0.634. The summed E-state index contributed by atoms with van der Waals surface area (Å²) < 4.78 is 6.49. The molecule has 1 aromatic rings. The molecular formula is C7H11N3O2. The fourth-order valence-electron chi connectivity index (χ4n) is 0.811. The van der Waals surface area contributed by atoms with E-state index in [0.29, 0.717) is 19.0 Å². The van der Waals surface area contributed by atoms with Crippen LogP contribution in [0.5, 0.6) is 5.88 Å². The van der Waals surface area contributed by atoms with Crippen molar-refractivity contribution in [2.24, 2.45) is 5.73 Å². The van der Waals surface area contributed by atoms with Gasteiger partial charge in [-0.1, -0.05) is 0 Å². The van der Waals surface area contributed by atoms with Gasteiger partial charge in [-0.3, -0.25) is 4.79 Å². The third-order valence-electron chi connectivity index (χ3n) is 1.25. The fraction of sp³-hybridized carbons (Fsp3) is 0.429. The van der Waals surface area contributed by atoms with Gasteiger partial charge in [0.05, 0.1) is 12.5 Å². The molecule has 0 amide bonds. The number of esters is 1. The van der Waals surface area contributed by atoms with E-state index in [4.69, 9.17) is 10.5 Å². The second-order valence-electron chi connectivity index (χ2n) is 2.33. The molecule has 0 aliphatic rings. The highest BCUT2D eigenvalue weighted by Crippen LogP contribution is 2.05. The van der Waals surface area contributed by atoms with Gasteiger partial charge in [0.15, 0.2) is 0 Å². The Hall–Kier alpha value is -1.36. The van der Waals surface area contributed by atoms with Gasteiger partial charge in [-0.25, -0.2) is 4.98 Å². The molecule has 12 heavy (non-hydrogen) atoms. The summed E-state index contributed by atoms with van der Waals surface area (Å²) in [5, 5.41) is 0. The number of ether oxygens (including phenoxy) is 1. The van der Waals surface area contributed by atoms with Crippen LogP contribution in [0, 0.1) is 0 Å². The van der Waals surface area contributed by atoms with Crippen molar-refractivity contribution in [1.82, 2.24) is 9.55 Å². The molecule has 2 N–H and O–H groups in total. The van der Waals surface area contributed by atoms with Crippen LogP contribution in [-0.4, -0.2) is 22.1 Å². The summed E-state index contributed by atoms with van der Waals surface area (Å²) >= 11 is 0. The van der Waals surface area contributed by atoms with Crippen molar-refractivity contribution in [3.8, 4) is 5.88 Å². The van der Waals surface area contributed by atoms with Crippen molar-refractivity contribution in [2.75, 3.05) is 6.54 Å². The van der Waals surface area contributed by atoms with Crippen LogP contribution in [-0.2, 0) is 11.3 Å². The second-order valence-corrected chi connectivity index (χ2v) is 2.33. The minimum absolute atomic E-state index is 0.316. The molecular weight excluding hydrogens is 158 g/mol. The normalized spacial score (nSPS) is 9.83. The highest BCUT2D eigenvalue weighted by Gasteiger charge is 2.00. The summed E-state index contributed by atoms with van der Waals surface area (Å²) in [5.74, 6) is -0.0519. The van der Waals surface area contributed by atoms with Crippen molar-refractivity contribution in [2.45, 2.75) is 13.5 Å². The van der Waals surface area contributed by atoms with Crippen LogP contribution >= 0.6 is 0 Å². The van der Waals surface area contributed by atoms with E-state index in [1.165, 1.54) is 6.92 Å². The molecule has 0 saturated heterocycles. The third kappa shape index (κ3) is 2.35. The van der Waals surface area contributed by atoms with Crippen LogP contribution in [0.25, 0.3) is 0 Å². The van der Waals surface area contributed by atoms with Gasteiger partial charge in [0.2, 0.25) is 5.88 Å². The second kappa shape index (κ2) is 3.87. The standard InChI is InChI=1S/C7H11N3O2/c1-6(11)12-7-4-10(3-2-8)5-9-7/h4-5H,2-3,8H2,1H3. The van der Waals surface area contributed by atoms with Crippen molar-refractivity contribution in [3.63, 3.8) is 0 Å². The monoisotopic (exact) mass is 169 g/mol. The van der Waals surface area contributed by atoms with Crippen LogP contribution in [0.3, 0.4) is 0 Å². The van der Waals surface area contributed by atoms with Gasteiger partial charge in [-0.05, 0) is 0 Å². The summed E-state index contributed by atoms with van der Waals surface area (Å²) in [5.41, 5.74) is 5.31. The predicted molar refractivity (Wildman–Crippen MR) is 42.6 cm³/mol. The molecule has 1 aromatic heterocycles. The Morgan fingerprint density at radius 2 is 2.58 bits per heavy atom. The van der Waals surface area contributed by atoms with Gasteiger partial charge in [-0.2, -0.15) is 0 Å². The Labute approximate surface area is 70.1 Å². The number of rotatable bonds is 3. The zero-order valence-electron chi connectivity index (χ0n) is 6.86. The number of hydrogen-bond donors (Lipinski definition) is 1. The van der Waals surface area contributed by atoms with Gasteiger partial charge in [0, 0.05) is 20.0 Å². The Morgan fingerprint density at radius 1 is 1.83 bits per heavy atom. The van der Waals surface area contributed by atoms with Crippen LogP contribution in [0.2, 0.25) is 0 Å². The first-order chi connectivity index (χ1) is 5.72. The maximum atomic E-state index is 10.5. The molecule has 0 atom stereocenters. The predicted octanol–water partition coefficient (Wildman–Crippen LogP) is -0.233. The molecule has 0 saturated carbocycles. The van der Waals surface area contributed by atoms with E-state index < -0.39 is 0 Å². The summed E-state index contributed by atoms with van der Waals surface area (Å²) in [6.07, 6.45) is 3.21.